The highest BCUT2D eigenvalue weighted by molar-refractivity contribution is 5.94. The van der Waals surface area contributed by atoms with Gasteiger partial charge in [-0.2, -0.15) is 0 Å². The van der Waals surface area contributed by atoms with E-state index in [0.717, 1.165) is 22.4 Å². The number of aromatic amines is 1. The summed E-state index contributed by atoms with van der Waals surface area (Å²) >= 11 is 0. The Morgan fingerprint density at radius 2 is 2.08 bits per heavy atom. The highest BCUT2D eigenvalue weighted by Gasteiger charge is 2.25. The Labute approximate surface area is 151 Å². The number of ketones is 1. The summed E-state index contributed by atoms with van der Waals surface area (Å²) in [6.07, 6.45) is 5.47. The molecule has 26 heavy (non-hydrogen) atoms. The number of rotatable bonds is 6. The molecular formula is C21H21N3O2. The fourth-order valence-corrected chi connectivity index (χ4v) is 3.36. The quantitative estimate of drug-likeness (QED) is 0.502. The van der Waals surface area contributed by atoms with E-state index in [9.17, 15) is 4.79 Å². The fourth-order valence-electron chi connectivity index (χ4n) is 3.36. The first kappa shape index (κ1) is 16.4. The van der Waals surface area contributed by atoms with Gasteiger partial charge in [-0.15, -0.1) is 0 Å². The first-order valence-corrected chi connectivity index (χ1v) is 8.80. The zero-order chi connectivity index (χ0) is 18.1. The lowest BCUT2D eigenvalue weighted by atomic mass is 9.95. The Morgan fingerprint density at radius 1 is 1.23 bits per heavy atom. The molecule has 132 valence electrons. The maximum Gasteiger partial charge on any atom is 0.199 e. The minimum Gasteiger partial charge on any atom is -0.469 e. The molecule has 0 saturated heterocycles. The van der Waals surface area contributed by atoms with E-state index >= 15 is 0 Å². The van der Waals surface area contributed by atoms with Gasteiger partial charge in [-0.3, -0.25) is 4.79 Å². The Bertz CT molecular complexity index is 992. The van der Waals surface area contributed by atoms with E-state index < -0.39 is 0 Å². The lowest BCUT2D eigenvalue weighted by molar-refractivity contribution is 0.0958. The van der Waals surface area contributed by atoms with Gasteiger partial charge in [0, 0.05) is 36.1 Å². The summed E-state index contributed by atoms with van der Waals surface area (Å²) < 4.78 is 7.55. The molecule has 0 fully saturated rings. The second-order valence-electron chi connectivity index (χ2n) is 6.76. The number of hydrogen-bond donors (Lipinski definition) is 1. The number of Topliss-reactive ketones (excluding diaryl/α,β-unsaturated/α-hetero) is 1. The number of carbonyl (C=O) groups is 1. The predicted molar refractivity (Wildman–Crippen MR) is 100 cm³/mol. The number of imidazole rings is 1. The Hall–Kier alpha value is -3.08. The number of benzene rings is 1. The van der Waals surface area contributed by atoms with Gasteiger partial charge in [-0.25, -0.2) is 4.98 Å². The molecule has 5 heteroatoms. The number of hydrogen-bond acceptors (Lipinski definition) is 3. The van der Waals surface area contributed by atoms with Crippen molar-refractivity contribution in [3.05, 3.63) is 78.4 Å². The van der Waals surface area contributed by atoms with Crippen molar-refractivity contribution in [2.45, 2.75) is 32.2 Å². The Kier molecular flexibility index (Phi) is 4.21. The topological polar surface area (TPSA) is 63.8 Å². The van der Waals surface area contributed by atoms with Crippen LogP contribution in [0.2, 0.25) is 0 Å². The van der Waals surface area contributed by atoms with Crippen LogP contribution < -0.4 is 0 Å². The van der Waals surface area contributed by atoms with Gasteiger partial charge in [-0.1, -0.05) is 18.2 Å². The molecule has 1 atom stereocenters. The third kappa shape index (κ3) is 2.96. The number of aromatic nitrogens is 3. The summed E-state index contributed by atoms with van der Waals surface area (Å²) in [5, 5.41) is 1.12. The molecule has 4 rings (SSSR count). The molecule has 1 N–H and O–H groups in total. The van der Waals surface area contributed by atoms with E-state index in [4.69, 9.17) is 4.42 Å². The number of fused-ring (bicyclic) bond motifs is 1. The van der Waals surface area contributed by atoms with Gasteiger partial charge in [0.05, 0.1) is 12.2 Å². The van der Waals surface area contributed by atoms with Crippen LogP contribution in [-0.2, 0) is 0 Å². The lowest BCUT2D eigenvalue weighted by Gasteiger charge is -2.14. The zero-order valence-corrected chi connectivity index (χ0v) is 14.8. The van der Waals surface area contributed by atoms with Crippen molar-refractivity contribution in [3.63, 3.8) is 0 Å². The van der Waals surface area contributed by atoms with Crippen LogP contribution >= 0.6 is 0 Å². The highest BCUT2D eigenvalue weighted by Crippen LogP contribution is 2.31. The summed E-state index contributed by atoms with van der Waals surface area (Å²) in [6, 6.07) is 14.1. The SMILES string of the molecule is CC(C)n1ccnc1C(=O)C[C@H](c1cc2ccccc2[nH]1)c1ccco1. The number of carbonyl (C=O) groups excluding carboxylic acids is 1. The Morgan fingerprint density at radius 3 is 2.81 bits per heavy atom. The molecule has 4 aromatic rings. The first-order chi connectivity index (χ1) is 12.6. The van der Waals surface area contributed by atoms with Crippen LogP contribution in [0.4, 0.5) is 0 Å². The van der Waals surface area contributed by atoms with Gasteiger partial charge < -0.3 is 14.0 Å². The molecule has 1 aromatic carbocycles. The molecular weight excluding hydrogens is 326 g/mol. The minimum absolute atomic E-state index is 0.00348. The molecule has 5 nitrogen and oxygen atoms in total. The average molecular weight is 347 g/mol. The predicted octanol–water partition coefficient (Wildman–Crippen LogP) is 4.94. The largest absolute Gasteiger partial charge is 0.469 e. The number of furan rings is 1. The smallest absolute Gasteiger partial charge is 0.199 e. The lowest BCUT2D eigenvalue weighted by Crippen LogP contribution is -2.15. The van der Waals surface area contributed by atoms with E-state index in [1.807, 2.05) is 54.9 Å². The van der Waals surface area contributed by atoms with Crippen LogP contribution in [0.25, 0.3) is 10.9 Å². The summed E-state index contributed by atoms with van der Waals surface area (Å²) in [4.78, 5) is 20.7. The van der Waals surface area contributed by atoms with Crippen molar-refractivity contribution < 1.29 is 9.21 Å². The summed E-state index contributed by atoms with van der Waals surface area (Å²) in [6.45, 7) is 4.08. The normalized spacial score (nSPS) is 12.7. The van der Waals surface area contributed by atoms with E-state index in [0.29, 0.717) is 12.2 Å². The van der Waals surface area contributed by atoms with Gasteiger partial charge in [0.25, 0.3) is 0 Å². The second kappa shape index (κ2) is 6.67. The summed E-state index contributed by atoms with van der Waals surface area (Å²) in [7, 11) is 0. The third-order valence-electron chi connectivity index (χ3n) is 4.68. The highest BCUT2D eigenvalue weighted by atomic mass is 16.3. The molecule has 3 heterocycles. The first-order valence-electron chi connectivity index (χ1n) is 8.80. The van der Waals surface area contributed by atoms with Crippen molar-refractivity contribution >= 4 is 16.7 Å². The van der Waals surface area contributed by atoms with Crippen molar-refractivity contribution in [1.29, 1.82) is 0 Å². The molecule has 3 aromatic heterocycles. The van der Waals surface area contributed by atoms with Crippen molar-refractivity contribution in [3.8, 4) is 0 Å². The maximum atomic E-state index is 13.0. The third-order valence-corrected chi connectivity index (χ3v) is 4.68. The van der Waals surface area contributed by atoms with Crippen LogP contribution in [-0.4, -0.2) is 20.3 Å². The van der Waals surface area contributed by atoms with Gasteiger partial charge in [0.1, 0.15) is 5.76 Å². The van der Waals surface area contributed by atoms with Gasteiger partial charge in [0.2, 0.25) is 0 Å². The molecule has 0 aliphatic heterocycles. The van der Waals surface area contributed by atoms with Gasteiger partial charge in [-0.05, 0) is 43.5 Å². The molecule has 0 radical (unpaired) electrons. The Balaban J connectivity index is 1.70. The van der Waals surface area contributed by atoms with Gasteiger partial charge >= 0.3 is 0 Å². The standard InChI is InChI=1S/C21H21N3O2/c1-14(2)24-10-9-22-21(24)19(25)13-16(20-8-5-11-26-20)18-12-15-6-3-4-7-17(15)23-18/h3-12,14,16,23H,13H2,1-2H3/t16-/m1/s1. The zero-order valence-electron chi connectivity index (χ0n) is 14.8. The molecule has 0 bridgehead atoms. The second-order valence-corrected chi connectivity index (χ2v) is 6.76. The van der Waals surface area contributed by atoms with E-state index in [1.165, 1.54) is 0 Å². The number of para-hydroxylation sites is 1. The van der Waals surface area contributed by atoms with Crippen LogP contribution in [0.15, 0.2) is 65.5 Å². The molecule has 0 unspecified atom stereocenters. The van der Waals surface area contributed by atoms with Crippen LogP contribution in [0.3, 0.4) is 0 Å². The van der Waals surface area contributed by atoms with E-state index in [2.05, 4.69) is 22.1 Å². The monoisotopic (exact) mass is 347 g/mol. The van der Waals surface area contributed by atoms with Crippen molar-refractivity contribution in [2.24, 2.45) is 0 Å². The average Bonchev–Trinajstić information content (AvgIpc) is 3.39. The van der Waals surface area contributed by atoms with E-state index in [1.54, 1.807) is 12.5 Å². The van der Waals surface area contributed by atoms with E-state index in [-0.39, 0.29) is 17.7 Å². The molecule has 0 spiro atoms. The van der Waals surface area contributed by atoms with Crippen LogP contribution in [0, 0.1) is 0 Å². The van der Waals surface area contributed by atoms with Gasteiger partial charge in [0.15, 0.2) is 11.6 Å². The molecule has 0 aliphatic carbocycles. The fraction of sp³-hybridized carbons (Fsp3) is 0.238. The number of H-pyrrole nitrogens is 1. The van der Waals surface area contributed by atoms with Crippen molar-refractivity contribution in [2.75, 3.05) is 0 Å². The maximum absolute atomic E-state index is 13.0. The molecule has 0 aliphatic rings. The minimum atomic E-state index is -0.179. The van der Waals surface area contributed by atoms with Crippen molar-refractivity contribution in [1.82, 2.24) is 14.5 Å². The van der Waals surface area contributed by atoms with Crippen LogP contribution in [0.1, 0.15) is 54.3 Å². The number of nitrogens with zero attached hydrogens (tertiary/aromatic N) is 2. The molecule has 0 saturated carbocycles. The van der Waals surface area contributed by atoms with Crippen LogP contribution in [0.5, 0.6) is 0 Å². The summed E-state index contributed by atoms with van der Waals surface area (Å²) in [5.41, 5.74) is 2.02. The number of nitrogens with one attached hydrogen (secondary N) is 1. The summed E-state index contributed by atoms with van der Waals surface area (Å²) in [5.74, 6) is 1.09. The molecule has 0 amide bonds.